The summed E-state index contributed by atoms with van der Waals surface area (Å²) in [7, 11) is 1.16. The molecule has 0 unspecified atom stereocenters. The molecule has 0 saturated carbocycles. The van der Waals surface area contributed by atoms with Crippen molar-refractivity contribution in [1.29, 1.82) is 0 Å². The van der Waals surface area contributed by atoms with Gasteiger partial charge in [0.2, 0.25) is 0 Å². The first kappa shape index (κ1) is 14.2. The summed E-state index contributed by atoms with van der Waals surface area (Å²) in [5.74, 6) is -1.26. The zero-order valence-electron chi connectivity index (χ0n) is 9.65. The van der Waals surface area contributed by atoms with E-state index < -0.39 is 11.8 Å². The molecule has 5 nitrogen and oxygen atoms in total. The van der Waals surface area contributed by atoms with Gasteiger partial charge in [0.25, 0.3) is 0 Å². The predicted octanol–water partition coefficient (Wildman–Crippen LogP) is 3.72. The van der Waals surface area contributed by atoms with Crippen LogP contribution < -0.4 is 0 Å². The summed E-state index contributed by atoms with van der Waals surface area (Å²) in [5.41, 5.74) is 9.28. The third-order valence-corrected chi connectivity index (χ3v) is 2.76. The number of benzene rings is 1. The van der Waals surface area contributed by atoms with Gasteiger partial charge in [-0.05, 0) is 57.7 Å². The molecule has 0 aliphatic rings. The molecule has 0 bridgehead atoms. The molecular formula is C11H9BrFN3O2. The molecule has 0 amide bonds. The molecule has 18 heavy (non-hydrogen) atoms. The van der Waals surface area contributed by atoms with Gasteiger partial charge in [-0.25, -0.2) is 9.18 Å². The van der Waals surface area contributed by atoms with E-state index in [1.807, 2.05) is 0 Å². The molecule has 0 aromatic heterocycles. The van der Waals surface area contributed by atoms with E-state index in [1.54, 1.807) is 13.0 Å². The molecule has 1 aromatic rings. The number of hydrogen-bond donors (Lipinski definition) is 0. The fourth-order valence-electron chi connectivity index (χ4n) is 1.25. The zero-order chi connectivity index (χ0) is 13.7. The van der Waals surface area contributed by atoms with Gasteiger partial charge in [-0.15, -0.1) is 0 Å². The van der Waals surface area contributed by atoms with Crippen molar-refractivity contribution in [3.63, 3.8) is 0 Å². The van der Waals surface area contributed by atoms with Gasteiger partial charge in [0.05, 0.1) is 11.6 Å². The van der Waals surface area contributed by atoms with E-state index in [4.69, 9.17) is 5.53 Å². The minimum Gasteiger partial charge on any atom is -0.466 e. The summed E-state index contributed by atoms with van der Waals surface area (Å²) in [6, 6.07) is 2.79. The highest BCUT2D eigenvalue weighted by Crippen LogP contribution is 2.22. The van der Waals surface area contributed by atoms with Gasteiger partial charge in [0, 0.05) is 4.91 Å². The minimum atomic E-state index is -0.782. The number of esters is 1. The van der Waals surface area contributed by atoms with Gasteiger partial charge < -0.3 is 4.74 Å². The number of nitrogens with zero attached hydrogens (tertiary/aromatic N) is 3. The fraction of sp³-hybridized carbons (Fsp3) is 0.182. The van der Waals surface area contributed by atoms with Crippen LogP contribution in [0.25, 0.3) is 16.5 Å². The Morgan fingerprint density at radius 2 is 2.28 bits per heavy atom. The Hall–Kier alpha value is -1.85. The first-order chi connectivity index (χ1) is 8.49. The Labute approximate surface area is 111 Å². The monoisotopic (exact) mass is 313 g/mol. The first-order valence-corrected chi connectivity index (χ1v) is 5.59. The number of methoxy groups -OCH3 is 1. The molecule has 1 aromatic carbocycles. The highest BCUT2D eigenvalue weighted by Gasteiger charge is 2.10. The van der Waals surface area contributed by atoms with E-state index in [9.17, 15) is 9.18 Å². The third-order valence-electron chi connectivity index (χ3n) is 2.15. The fourth-order valence-corrected chi connectivity index (χ4v) is 1.70. The number of ether oxygens (including phenoxy) is 1. The maximum atomic E-state index is 13.4. The largest absolute Gasteiger partial charge is 0.466 e. The number of halogens is 2. The molecule has 0 radical (unpaired) electrons. The maximum absolute atomic E-state index is 13.4. The van der Waals surface area contributed by atoms with Crippen molar-refractivity contribution < 1.29 is 13.9 Å². The second kappa shape index (κ2) is 6.18. The van der Waals surface area contributed by atoms with Crippen molar-refractivity contribution in [2.75, 3.05) is 7.11 Å². The Balaban J connectivity index is 3.32. The van der Waals surface area contributed by atoms with Crippen LogP contribution in [0.1, 0.15) is 11.1 Å². The second-order valence-electron chi connectivity index (χ2n) is 3.33. The van der Waals surface area contributed by atoms with Crippen LogP contribution in [-0.2, 0) is 9.53 Å². The number of rotatable bonds is 3. The van der Waals surface area contributed by atoms with Crippen LogP contribution >= 0.6 is 15.9 Å². The average Bonchev–Trinajstić information content (AvgIpc) is 2.34. The number of azide groups is 1. The lowest BCUT2D eigenvalue weighted by atomic mass is 10.1. The van der Waals surface area contributed by atoms with Crippen LogP contribution in [0.2, 0.25) is 0 Å². The molecule has 0 aliphatic carbocycles. The molecular weight excluding hydrogens is 305 g/mol. The minimum absolute atomic E-state index is 0.232. The summed E-state index contributed by atoms with van der Waals surface area (Å²) in [4.78, 5) is 13.8. The summed E-state index contributed by atoms with van der Waals surface area (Å²) < 4.78 is 18.2. The molecule has 0 heterocycles. The van der Waals surface area contributed by atoms with Crippen molar-refractivity contribution in [1.82, 2.24) is 0 Å². The van der Waals surface area contributed by atoms with Crippen LogP contribution in [-0.4, -0.2) is 13.1 Å². The Bertz CT molecular complexity index is 566. The Kier molecular flexibility index (Phi) is 4.88. The van der Waals surface area contributed by atoms with Crippen LogP contribution in [0.4, 0.5) is 4.39 Å². The topological polar surface area (TPSA) is 75.1 Å². The normalized spacial score (nSPS) is 10.8. The molecule has 0 fully saturated rings. The Morgan fingerprint density at radius 1 is 1.61 bits per heavy atom. The van der Waals surface area contributed by atoms with E-state index in [0.717, 1.165) is 12.7 Å². The number of aryl methyl sites for hydroxylation is 1. The molecule has 0 spiro atoms. The predicted molar refractivity (Wildman–Crippen MR) is 68.0 cm³/mol. The summed E-state index contributed by atoms with van der Waals surface area (Å²) in [5, 5.41) is 3.22. The van der Waals surface area contributed by atoms with Crippen molar-refractivity contribution in [3.8, 4) is 0 Å². The van der Waals surface area contributed by atoms with E-state index >= 15 is 0 Å². The van der Waals surface area contributed by atoms with E-state index in [2.05, 4.69) is 30.7 Å². The van der Waals surface area contributed by atoms with Crippen LogP contribution in [0.3, 0.4) is 0 Å². The van der Waals surface area contributed by atoms with E-state index in [0.29, 0.717) is 10.0 Å². The van der Waals surface area contributed by atoms with Crippen molar-refractivity contribution in [3.05, 3.63) is 49.7 Å². The number of carbonyl (C=O) groups excluding carboxylic acids is 1. The first-order valence-electron chi connectivity index (χ1n) is 4.80. The standard InChI is InChI=1S/C11H9BrFN3O2/c1-6-3-8(12)9(13)4-7(6)5-10(15-16-14)11(17)18-2/h3-5H,1-2H3. The molecule has 7 heteroatoms. The highest BCUT2D eigenvalue weighted by molar-refractivity contribution is 9.10. The summed E-state index contributed by atoms with van der Waals surface area (Å²) in [6.07, 6.45) is 1.27. The molecule has 1 rings (SSSR count). The molecule has 0 atom stereocenters. The van der Waals surface area contributed by atoms with Crippen molar-refractivity contribution >= 4 is 28.0 Å². The van der Waals surface area contributed by atoms with Gasteiger partial charge in [-0.1, -0.05) is 5.11 Å². The zero-order valence-corrected chi connectivity index (χ0v) is 11.2. The molecule has 0 N–H and O–H groups in total. The van der Waals surface area contributed by atoms with Gasteiger partial charge in [0.1, 0.15) is 11.5 Å². The number of hydrogen-bond acceptors (Lipinski definition) is 3. The average molecular weight is 314 g/mol. The van der Waals surface area contributed by atoms with Gasteiger partial charge in [-0.2, -0.15) is 0 Å². The summed E-state index contributed by atoms with van der Waals surface area (Å²) >= 11 is 3.05. The lowest BCUT2D eigenvalue weighted by Crippen LogP contribution is -2.02. The molecule has 0 saturated heterocycles. The van der Waals surface area contributed by atoms with Gasteiger partial charge in [0.15, 0.2) is 0 Å². The SMILES string of the molecule is COC(=O)C(=Cc1cc(F)c(Br)cc1C)N=[N+]=[N-]. The highest BCUT2D eigenvalue weighted by atomic mass is 79.9. The second-order valence-corrected chi connectivity index (χ2v) is 4.19. The summed E-state index contributed by atoms with van der Waals surface area (Å²) in [6.45, 7) is 1.74. The van der Waals surface area contributed by atoms with Gasteiger partial charge >= 0.3 is 5.97 Å². The van der Waals surface area contributed by atoms with E-state index in [-0.39, 0.29) is 5.70 Å². The van der Waals surface area contributed by atoms with Crippen LogP contribution in [0, 0.1) is 12.7 Å². The van der Waals surface area contributed by atoms with Crippen molar-refractivity contribution in [2.45, 2.75) is 6.92 Å². The smallest absolute Gasteiger partial charge is 0.340 e. The molecule has 94 valence electrons. The van der Waals surface area contributed by atoms with Crippen molar-refractivity contribution in [2.24, 2.45) is 5.11 Å². The van der Waals surface area contributed by atoms with Crippen LogP contribution in [0.15, 0.2) is 27.4 Å². The quantitative estimate of drug-likeness (QED) is 0.280. The van der Waals surface area contributed by atoms with E-state index in [1.165, 1.54) is 12.1 Å². The van der Waals surface area contributed by atoms with Gasteiger partial charge in [-0.3, -0.25) is 0 Å². The maximum Gasteiger partial charge on any atom is 0.340 e. The van der Waals surface area contributed by atoms with Crippen LogP contribution in [0.5, 0.6) is 0 Å². The lowest BCUT2D eigenvalue weighted by molar-refractivity contribution is -0.136. The lowest BCUT2D eigenvalue weighted by Gasteiger charge is -2.04. The number of carbonyl (C=O) groups is 1. The molecule has 0 aliphatic heterocycles. The third kappa shape index (κ3) is 3.32. The Morgan fingerprint density at radius 3 is 2.83 bits per heavy atom.